The number of hydrogen-bond donors (Lipinski definition) is 1. The molecule has 1 aliphatic heterocycles. The topological polar surface area (TPSA) is 66.5 Å². The number of imide groups is 1. The van der Waals surface area contributed by atoms with Crippen LogP contribution >= 0.6 is 0 Å². The normalized spacial score (nSPS) is 12.8. The molecule has 0 aliphatic carbocycles. The van der Waals surface area contributed by atoms with Gasteiger partial charge in [-0.25, -0.2) is 4.39 Å². The number of rotatable bonds is 4. The van der Waals surface area contributed by atoms with Crippen LogP contribution in [-0.4, -0.2) is 22.6 Å². The lowest BCUT2D eigenvalue weighted by atomic mass is 10.1. The first kappa shape index (κ1) is 18.6. The molecule has 0 saturated carbocycles. The summed E-state index contributed by atoms with van der Waals surface area (Å²) >= 11 is 0. The van der Waals surface area contributed by atoms with Crippen molar-refractivity contribution in [2.24, 2.45) is 0 Å². The minimum Gasteiger partial charge on any atom is -0.319 e. The third-order valence-electron chi connectivity index (χ3n) is 4.79. The highest BCUT2D eigenvalue weighted by Crippen LogP contribution is 2.26. The van der Waals surface area contributed by atoms with E-state index >= 15 is 0 Å². The van der Waals surface area contributed by atoms with Crippen molar-refractivity contribution in [1.29, 1.82) is 0 Å². The van der Waals surface area contributed by atoms with Gasteiger partial charge in [0.1, 0.15) is 5.82 Å². The van der Waals surface area contributed by atoms with Crippen LogP contribution < -0.4 is 5.32 Å². The number of benzene rings is 3. The Hall–Kier alpha value is -3.80. The van der Waals surface area contributed by atoms with Gasteiger partial charge in [-0.05, 0) is 48.4 Å². The van der Waals surface area contributed by atoms with E-state index in [1.54, 1.807) is 13.0 Å². The molecule has 0 fully saturated rings. The maximum Gasteiger partial charge on any atom is 0.261 e. The van der Waals surface area contributed by atoms with Crippen molar-refractivity contribution in [1.82, 2.24) is 4.90 Å². The third kappa shape index (κ3) is 3.52. The molecule has 6 heteroatoms. The second-order valence-corrected chi connectivity index (χ2v) is 6.88. The van der Waals surface area contributed by atoms with Crippen molar-refractivity contribution in [2.45, 2.75) is 13.5 Å². The monoisotopic (exact) mass is 388 g/mol. The lowest BCUT2D eigenvalue weighted by Gasteiger charge is -2.13. The first-order chi connectivity index (χ1) is 13.9. The Morgan fingerprint density at radius 2 is 1.66 bits per heavy atom. The van der Waals surface area contributed by atoms with E-state index in [9.17, 15) is 18.8 Å². The molecule has 3 amide bonds. The van der Waals surface area contributed by atoms with Gasteiger partial charge >= 0.3 is 0 Å². The zero-order chi connectivity index (χ0) is 20.5. The highest BCUT2D eigenvalue weighted by atomic mass is 19.1. The largest absolute Gasteiger partial charge is 0.319 e. The molecule has 0 spiro atoms. The van der Waals surface area contributed by atoms with Crippen molar-refractivity contribution in [3.8, 4) is 0 Å². The summed E-state index contributed by atoms with van der Waals surface area (Å²) in [5, 5.41) is 2.51. The van der Waals surface area contributed by atoms with E-state index in [0.29, 0.717) is 0 Å². The van der Waals surface area contributed by atoms with Crippen LogP contribution in [0.1, 0.15) is 42.2 Å². The van der Waals surface area contributed by atoms with Gasteiger partial charge in [-0.1, -0.05) is 36.4 Å². The Bertz CT molecular complexity index is 1140. The smallest absolute Gasteiger partial charge is 0.261 e. The highest BCUT2D eigenvalue weighted by Gasteiger charge is 2.36. The first-order valence-electron chi connectivity index (χ1n) is 9.06. The number of anilines is 1. The Balaban J connectivity index is 1.58. The lowest BCUT2D eigenvalue weighted by Crippen LogP contribution is -2.29. The van der Waals surface area contributed by atoms with Gasteiger partial charge in [0, 0.05) is 5.56 Å². The van der Waals surface area contributed by atoms with Gasteiger partial charge in [0.25, 0.3) is 17.7 Å². The second kappa shape index (κ2) is 7.31. The molecule has 29 heavy (non-hydrogen) atoms. The van der Waals surface area contributed by atoms with Gasteiger partial charge in [0.2, 0.25) is 0 Å². The van der Waals surface area contributed by atoms with Crippen molar-refractivity contribution in [2.75, 3.05) is 5.32 Å². The van der Waals surface area contributed by atoms with E-state index in [1.165, 1.54) is 30.3 Å². The molecule has 0 atom stereocenters. The zero-order valence-corrected chi connectivity index (χ0v) is 15.6. The quantitative estimate of drug-likeness (QED) is 0.682. The summed E-state index contributed by atoms with van der Waals surface area (Å²) in [6.45, 7) is 1.94. The van der Waals surface area contributed by atoms with Gasteiger partial charge in [0.05, 0.1) is 23.4 Å². The highest BCUT2D eigenvalue weighted by molar-refractivity contribution is 6.22. The summed E-state index contributed by atoms with van der Waals surface area (Å²) in [6.07, 6.45) is 0. The van der Waals surface area contributed by atoms with Gasteiger partial charge in [-0.15, -0.1) is 0 Å². The number of amides is 3. The molecule has 3 aromatic rings. The van der Waals surface area contributed by atoms with E-state index in [1.807, 2.05) is 30.3 Å². The van der Waals surface area contributed by atoms with Gasteiger partial charge < -0.3 is 5.32 Å². The van der Waals surface area contributed by atoms with Gasteiger partial charge in [0.15, 0.2) is 0 Å². The van der Waals surface area contributed by atoms with E-state index in [4.69, 9.17) is 0 Å². The van der Waals surface area contributed by atoms with Gasteiger partial charge in [-0.3, -0.25) is 19.3 Å². The Kier molecular flexibility index (Phi) is 4.68. The molecule has 0 unspecified atom stereocenters. The average molecular weight is 388 g/mol. The summed E-state index contributed by atoms with van der Waals surface area (Å²) < 4.78 is 13.9. The predicted octanol–water partition coefficient (Wildman–Crippen LogP) is 4.18. The Labute approximate surface area is 166 Å². The van der Waals surface area contributed by atoms with Crippen LogP contribution in [0.25, 0.3) is 0 Å². The molecular weight excluding hydrogens is 371 g/mol. The van der Waals surface area contributed by atoms with E-state index < -0.39 is 23.5 Å². The predicted molar refractivity (Wildman–Crippen MR) is 106 cm³/mol. The summed E-state index contributed by atoms with van der Waals surface area (Å²) in [4.78, 5) is 39.1. The van der Waals surface area contributed by atoms with Crippen LogP contribution in [0.3, 0.4) is 0 Å². The molecule has 0 bridgehead atoms. The number of carbonyl (C=O) groups is 3. The minimum atomic E-state index is -0.556. The first-order valence-corrected chi connectivity index (χ1v) is 9.06. The van der Waals surface area contributed by atoms with Crippen LogP contribution in [0.15, 0.2) is 66.7 Å². The van der Waals surface area contributed by atoms with Crippen molar-refractivity contribution >= 4 is 23.4 Å². The number of fused-ring (bicyclic) bond motifs is 1. The Morgan fingerprint density at radius 3 is 2.41 bits per heavy atom. The van der Waals surface area contributed by atoms with E-state index in [0.717, 1.165) is 16.0 Å². The number of carbonyl (C=O) groups excluding carboxylic acids is 3. The fourth-order valence-corrected chi connectivity index (χ4v) is 3.27. The minimum absolute atomic E-state index is 0.0589. The molecule has 144 valence electrons. The molecule has 5 nitrogen and oxygen atoms in total. The molecule has 3 aromatic carbocycles. The molecule has 0 aromatic heterocycles. The van der Waals surface area contributed by atoms with E-state index in [-0.39, 0.29) is 28.9 Å². The second-order valence-electron chi connectivity index (χ2n) is 6.88. The molecular formula is C23H17FN2O3. The van der Waals surface area contributed by atoms with E-state index in [2.05, 4.69) is 5.32 Å². The summed E-state index contributed by atoms with van der Waals surface area (Å²) in [6, 6.07) is 17.9. The summed E-state index contributed by atoms with van der Waals surface area (Å²) in [5.74, 6) is -1.96. The summed E-state index contributed by atoms with van der Waals surface area (Å²) in [5.41, 5.74) is 2.28. The molecule has 0 radical (unpaired) electrons. The average Bonchev–Trinajstić information content (AvgIpc) is 2.96. The van der Waals surface area contributed by atoms with Crippen LogP contribution in [-0.2, 0) is 6.54 Å². The standard InChI is InChI=1S/C23H17FN2O3/c1-14-7-10-19(24)20(11-14)25-21(27)16-8-9-17-18(12-16)23(29)26(22(17)28)13-15-5-3-2-4-6-15/h2-12H,13H2,1H3,(H,25,27). The SMILES string of the molecule is Cc1ccc(F)c(NC(=O)c2ccc3c(c2)C(=O)N(Cc2ccccc2)C3=O)c1. The van der Waals surface area contributed by atoms with Crippen LogP contribution in [0, 0.1) is 12.7 Å². The fraction of sp³-hybridized carbons (Fsp3) is 0.0870. The number of hydrogen-bond acceptors (Lipinski definition) is 3. The van der Waals surface area contributed by atoms with Crippen molar-refractivity contribution < 1.29 is 18.8 Å². The lowest BCUT2D eigenvalue weighted by molar-refractivity contribution is 0.0642. The number of nitrogens with one attached hydrogen (secondary N) is 1. The fourth-order valence-electron chi connectivity index (χ4n) is 3.27. The van der Waals surface area contributed by atoms with Crippen LogP contribution in [0.4, 0.5) is 10.1 Å². The molecule has 4 rings (SSSR count). The van der Waals surface area contributed by atoms with Crippen molar-refractivity contribution in [3.63, 3.8) is 0 Å². The zero-order valence-electron chi connectivity index (χ0n) is 15.6. The molecule has 0 saturated heterocycles. The third-order valence-corrected chi connectivity index (χ3v) is 4.79. The molecule has 1 N–H and O–H groups in total. The number of nitrogens with zero attached hydrogens (tertiary/aromatic N) is 1. The molecule has 1 aliphatic rings. The molecule has 1 heterocycles. The number of aryl methyl sites for hydroxylation is 1. The van der Waals surface area contributed by atoms with Crippen LogP contribution in [0.2, 0.25) is 0 Å². The number of halogens is 1. The van der Waals surface area contributed by atoms with Crippen molar-refractivity contribution in [3.05, 3.63) is 100 Å². The maximum atomic E-state index is 13.9. The van der Waals surface area contributed by atoms with Gasteiger partial charge in [-0.2, -0.15) is 0 Å². The van der Waals surface area contributed by atoms with Crippen LogP contribution in [0.5, 0.6) is 0 Å². The Morgan fingerprint density at radius 1 is 0.931 bits per heavy atom. The maximum absolute atomic E-state index is 13.9. The summed E-state index contributed by atoms with van der Waals surface area (Å²) in [7, 11) is 0.